The zero-order chi connectivity index (χ0) is 17.4. The van der Waals surface area contributed by atoms with Gasteiger partial charge in [-0.3, -0.25) is 0 Å². The summed E-state index contributed by atoms with van der Waals surface area (Å²) < 4.78 is 26.7. The Bertz CT molecular complexity index is 625. The Morgan fingerprint density at radius 3 is 2.54 bits per heavy atom. The Morgan fingerprint density at radius 2 is 1.96 bits per heavy atom. The van der Waals surface area contributed by atoms with Crippen LogP contribution < -0.4 is 10.0 Å². The summed E-state index contributed by atoms with van der Waals surface area (Å²) in [6.45, 7) is 1.48. The van der Waals surface area contributed by atoms with Gasteiger partial charge in [-0.05, 0) is 24.3 Å². The second-order valence-corrected chi connectivity index (χ2v) is 8.34. The van der Waals surface area contributed by atoms with Gasteiger partial charge in [0.25, 0.3) is 0 Å². The Labute approximate surface area is 145 Å². The summed E-state index contributed by atoms with van der Waals surface area (Å²) in [6.07, 6.45) is 3.49. The molecule has 1 aliphatic rings. The number of nitrogens with one attached hydrogen (secondary N) is 2. The van der Waals surface area contributed by atoms with Crippen LogP contribution in [-0.4, -0.2) is 52.2 Å². The van der Waals surface area contributed by atoms with Crippen LogP contribution in [0.25, 0.3) is 0 Å². The summed E-state index contributed by atoms with van der Waals surface area (Å²) in [4.78, 5) is 6.38. The molecule has 0 aliphatic heterocycles. The number of sulfonamides is 1. The van der Waals surface area contributed by atoms with E-state index in [4.69, 9.17) is 0 Å². The highest BCUT2D eigenvalue weighted by Gasteiger charge is 2.20. The molecule has 0 unspecified atom stereocenters. The van der Waals surface area contributed by atoms with Crippen molar-refractivity contribution in [1.82, 2.24) is 14.9 Å². The van der Waals surface area contributed by atoms with Crippen LogP contribution in [0.5, 0.6) is 0 Å². The molecular formula is C17H28N4O2S. The van der Waals surface area contributed by atoms with Gasteiger partial charge in [0, 0.05) is 27.2 Å². The molecule has 0 amide bonds. The molecule has 0 atom stereocenters. The minimum absolute atomic E-state index is 0.0535. The maximum absolute atomic E-state index is 12.0. The Morgan fingerprint density at radius 1 is 1.25 bits per heavy atom. The van der Waals surface area contributed by atoms with E-state index < -0.39 is 10.0 Å². The maximum Gasteiger partial charge on any atom is 0.213 e. The highest BCUT2D eigenvalue weighted by molar-refractivity contribution is 7.89. The van der Waals surface area contributed by atoms with Crippen LogP contribution in [0.2, 0.25) is 0 Å². The number of rotatable bonds is 8. The van der Waals surface area contributed by atoms with Gasteiger partial charge >= 0.3 is 0 Å². The standard InChI is InChI=1S/C17H28N4O2S/c1-21(2)17(19-13-15-7-4-3-5-8-15)18-11-12-24(22,23)20-14-16-9-6-10-16/h3-5,7-8,16,20H,6,9-14H2,1-2H3,(H,18,19). The lowest BCUT2D eigenvalue weighted by Gasteiger charge is -2.25. The van der Waals surface area contributed by atoms with E-state index >= 15 is 0 Å². The van der Waals surface area contributed by atoms with Gasteiger partial charge in [0.15, 0.2) is 5.96 Å². The molecule has 0 radical (unpaired) electrons. The molecule has 1 saturated carbocycles. The van der Waals surface area contributed by atoms with Crippen LogP contribution in [0.15, 0.2) is 35.3 Å². The highest BCUT2D eigenvalue weighted by Crippen LogP contribution is 2.25. The van der Waals surface area contributed by atoms with E-state index in [1.54, 1.807) is 0 Å². The summed E-state index contributed by atoms with van der Waals surface area (Å²) >= 11 is 0. The normalized spacial score (nSPS) is 15.8. The fourth-order valence-corrected chi connectivity index (χ4v) is 3.42. The fourth-order valence-electron chi connectivity index (χ4n) is 2.42. The first-order valence-electron chi connectivity index (χ1n) is 8.43. The summed E-state index contributed by atoms with van der Waals surface area (Å²) in [5.41, 5.74) is 1.12. The molecule has 0 bridgehead atoms. The lowest BCUT2D eigenvalue weighted by atomic mass is 9.86. The van der Waals surface area contributed by atoms with Gasteiger partial charge in [-0.2, -0.15) is 0 Å². The highest BCUT2D eigenvalue weighted by atomic mass is 32.2. The molecule has 134 valence electrons. The molecule has 0 aromatic heterocycles. The third-order valence-electron chi connectivity index (χ3n) is 4.15. The molecule has 0 spiro atoms. The first kappa shape index (κ1) is 18.7. The summed E-state index contributed by atoms with van der Waals surface area (Å²) in [7, 11) is 0.551. The van der Waals surface area contributed by atoms with Crippen LogP contribution in [-0.2, 0) is 16.6 Å². The van der Waals surface area contributed by atoms with E-state index in [0.717, 1.165) is 18.4 Å². The number of benzene rings is 1. The Kier molecular flexibility index (Phi) is 7.05. The van der Waals surface area contributed by atoms with Crippen LogP contribution in [0.1, 0.15) is 24.8 Å². The number of hydrogen-bond donors (Lipinski definition) is 2. The average Bonchev–Trinajstić information content (AvgIpc) is 2.49. The van der Waals surface area contributed by atoms with Crippen LogP contribution in [0, 0.1) is 5.92 Å². The molecule has 2 rings (SSSR count). The average molecular weight is 353 g/mol. The van der Waals surface area contributed by atoms with E-state index in [1.807, 2.05) is 49.3 Å². The first-order chi connectivity index (χ1) is 11.5. The van der Waals surface area contributed by atoms with Crippen molar-refractivity contribution in [3.05, 3.63) is 35.9 Å². The molecule has 6 nitrogen and oxygen atoms in total. The molecule has 2 N–H and O–H groups in total. The molecule has 0 heterocycles. The molecular weight excluding hydrogens is 324 g/mol. The van der Waals surface area contributed by atoms with Gasteiger partial charge in [-0.25, -0.2) is 18.1 Å². The van der Waals surface area contributed by atoms with Gasteiger partial charge in [0.1, 0.15) is 0 Å². The van der Waals surface area contributed by atoms with Crippen molar-refractivity contribution in [3.63, 3.8) is 0 Å². The van der Waals surface area contributed by atoms with Crippen LogP contribution >= 0.6 is 0 Å². The van der Waals surface area contributed by atoms with Crippen molar-refractivity contribution in [2.45, 2.75) is 25.8 Å². The second-order valence-electron chi connectivity index (χ2n) is 6.41. The van der Waals surface area contributed by atoms with Gasteiger partial charge in [0.05, 0.1) is 12.3 Å². The second kappa shape index (κ2) is 9.03. The Balaban J connectivity index is 1.78. The molecule has 7 heteroatoms. The third-order valence-corrected chi connectivity index (χ3v) is 5.50. The fraction of sp³-hybridized carbons (Fsp3) is 0.588. The number of guanidine groups is 1. The zero-order valence-corrected chi connectivity index (χ0v) is 15.3. The monoisotopic (exact) mass is 352 g/mol. The van der Waals surface area contributed by atoms with E-state index in [2.05, 4.69) is 15.0 Å². The third kappa shape index (κ3) is 6.49. The van der Waals surface area contributed by atoms with Gasteiger partial charge in [0.2, 0.25) is 10.0 Å². The molecule has 1 fully saturated rings. The van der Waals surface area contributed by atoms with Gasteiger partial charge in [-0.1, -0.05) is 36.8 Å². The van der Waals surface area contributed by atoms with Crippen molar-refractivity contribution < 1.29 is 8.42 Å². The largest absolute Gasteiger partial charge is 0.355 e. The van der Waals surface area contributed by atoms with E-state index in [9.17, 15) is 8.42 Å². The quantitative estimate of drug-likeness (QED) is 0.548. The lowest BCUT2D eigenvalue weighted by molar-refractivity contribution is 0.316. The summed E-state index contributed by atoms with van der Waals surface area (Å²) in [5, 5.41) is 3.12. The molecule has 24 heavy (non-hydrogen) atoms. The van der Waals surface area contributed by atoms with E-state index in [-0.39, 0.29) is 5.75 Å². The number of nitrogens with zero attached hydrogens (tertiary/aromatic N) is 2. The topological polar surface area (TPSA) is 73.8 Å². The molecule has 1 aromatic rings. The van der Waals surface area contributed by atoms with Crippen LogP contribution in [0.3, 0.4) is 0 Å². The zero-order valence-electron chi connectivity index (χ0n) is 14.5. The van der Waals surface area contributed by atoms with Crippen molar-refractivity contribution in [2.75, 3.05) is 32.9 Å². The Hall–Kier alpha value is -1.60. The lowest BCUT2D eigenvalue weighted by Crippen LogP contribution is -2.41. The SMILES string of the molecule is CN(C)C(=NCc1ccccc1)NCCS(=O)(=O)NCC1CCC1. The van der Waals surface area contributed by atoms with E-state index in [0.29, 0.717) is 31.5 Å². The predicted molar refractivity (Wildman–Crippen MR) is 98.4 cm³/mol. The summed E-state index contributed by atoms with van der Waals surface area (Å²) in [5.74, 6) is 1.27. The minimum atomic E-state index is -3.23. The number of aliphatic imine (C=N–C) groups is 1. The minimum Gasteiger partial charge on any atom is -0.355 e. The predicted octanol–water partition coefficient (Wildman–Crippen LogP) is 1.41. The van der Waals surface area contributed by atoms with Crippen LogP contribution in [0.4, 0.5) is 0 Å². The van der Waals surface area contributed by atoms with Crippen molar-refractivity contribution in [2.24, 2.45) is 10.9 Å². The van der Waals surface area contributed by atoms with Crippen molar-refractivity contribution in [1.29, 1.82) is 0 Å². The van der Waals surface area contributed by atoms with Crippen molar-refractivity contribution >= 4 is 16.0 Å². The molecule has 0 saturated heterocycles. The summed E-state index contributed by atoms with van der Waals surface area (Å²) in [6, 6.07) is 9.97. The van der Waals surface area contributed by atoms with Gasteiger partial charge in [-0.15, -0.1) is 0 Å². The van der Waals surface area contributed by atoms with E-state index in [1.165, 1.54) is 6.42 Å². The first-order valence-corrected chi connectivity index (χ1v) is 10.1. The van der Waals surface area contributed by atoms with Gasteiger partial charge < -0.3 is 10.2 Å². The molecule has 1 aromatic carbocycles. The maximum atomic E-state index is 12.0. The van der Waals surface area contributed by atoms with Crippen molar-refractivity contribution in [3.8, 4) is 0 Å². The number of hydrogen-bond acceptors (Lipinski definition) is 3. The molecule has 1 aliphatic carbocycles. The smallest absolute Gasteiger partial charge is 0.213 e.